The molecule has 0 aliphatic rings. The van der Waals surface area contributed by atoms with Crippen LogP contribution in [-0.2, 0) is 0 Å². The van der Waals surface area contributed by atoms with E-state index in [0.717, 1.165) is 0 Å². The number of rotatable bonds is 2. The first-order valence-electron chi connectivity index (χ1n) is 5.64. The molecular weight excluding hydrogens is 215 g/mol. The van der Waals surface area contributed by atoms with Gasteiger partial charge in [-0.05, 0) is 13.8 Å². The van der Waals surface area contributed by atoms with Crippen LogP contribution in [0.4, 0.5) is 0 Å². The van der Waals surface area contributed by atoms with Crippen LogP contribution in [0.2, 0.25) is 6.55 Å². The number of hydrogen-bond donors (Lipinski definition) is 0. The van der Waals surface area contributed by atoms with Gasteiger partial charge < -0.3 is 0 Å². The summed E-state index contributed by atoms with van der Waals surface area (Å²) in [4.78, 5) is 0. The molecule has 0 unspecified atom stereocenters. The van der Waals surface area contributed by atoms with Gasteiger partial charge in [0.25, 0.3) is 0 Å². The van der Waals surface area contributed by atoms with Gasteiger partial charge in [0, 0.05) is 0 Å². The summed E-state index contributed by atoms with van der Waals surface area (Å²) in [5.74, 6) is 0. The Morgan fingerprint density at radius 1 is 0.765 bits per heavy atom. The van der Waals surface area contributed by atoms with E-state index in [4.69, 9.17) is 0 Å². The van der Waals surface area contributed by atoms with Gasteiger partial charge in [0.1, 0.15) is 0 Å². The monoisotopic (exact) mass is 232 g/mol. The van der Waals surface area contributed by atoms with Crippen molar-refractivity contribution in [3.05, 3.63) is 59.7 Å². The second kappa shape index (κ2) is 6.26. The second-order valence-corrected chi connectivity index (χ2v) is 6.77. The van der Waals surface area contributed by atoms with Crippen molar-refractivity contribution in [3.63, 3.8) is 0 Å². The molecule has 0 radical (unpaired) electrons. The quantitative estimate of drug-likeness (QED) is 0.615. The minimum Gasteiger partial charge on any atom is -0.255 e. The molecule has 0 atom stereocenters. The minimum atomic E-state index is -0.589. The molecule has 82 valence electrons. The van der Waals surface area contributed by atoms with E-state index in [0.29, 0.717) is 0 Å². The summed E-state index contributed by atoms with van der Waals surface area (Å²) >= 11 is 0. The van der Waals surface area contributed by atoms with E-state index >= 15 is 0 Å². The first-order valence-corrected chi connectivity index (χ1v) is 7.64. The molecule has 0 amide bonds. The van der Waals surface area contributed by atoms with Crippen LogP contribution in [0.3, 0.4) is 0 Å². The van der Waals surface area contributed by atoms with Gasteiger partial charge in [-0.3, -0.25) is 8.80 Å². The molecule has 0 bridgehead atoms. The summed E-state index contributed by atoms with van der Waals surface area (Å²) in [6, 6.07) is 17.8. The van der Waals surface area contributed by atoms with Crippen LogP contribution >= 0.6 is 0 Å². The molecule has 0 saturated carbocycles. The van der Waals surface area contributed by atoms with Crippen molar-refractivity contribution in [1.82, 2.24) is 0 Å². The fourth-order valence-corrected chi connectivity index (χ4v) is 3.84. The van der Waals surface area contributed by atoms with Crippen molar-refractivity contribution >= 4 is 19.2 Å². The molecule has 2 aromatic rings. The summed E-state index contributed by atoms with van der Waals surface area (Å²) in [6.07, 6.45) is 0. The van der Waals surface area contributed by atoms with Gasteiger partial charge in [0.2, 0.25) is 0 Å². The van der Waals surface area contributed by atoms with E-state index in [1.165, 1.54) is 21.5 Å². The van der Waals surface area contributed by atoms with E-state index in [2.05, 4.69) is 68.9 Å². The summed E-state index contributed by atoms with van der Waals surface area (Å²) in [7, 11) is -0.589. The maximum Gasteiger partial charge on any atom is 1.00 e. The van der Waals surface area contributed by atoms with Crippen molar-refractivity contribution in [2.24, 2.45) is 0 Å². The van der Waals surface area contributed by atoms with E-state index < -0.39 is 8.80 Å². The molecule has 2 rings (SSSR count). The first kappa shape index (κ1) is 14.3. The average molecular weight is 232 g/mol. The normalized spacial score (nSPS) is 9.59. The van der Waals surface area contributed by atoms with Crippen LogP contribution in [0.15, 0.2) is 48.5 Å². The van der Waals surface area contributed by atoms with E-state index in [1.54, 1.807) is 0 Å². The van der Waals surface area contributed by atoms with Crippen LogP contribution in [0.1, 0.15) is 11.1 Å². The van der Waals surface area contributed by atoms with Gasteiger partial charge in [-0.25, -0.2) is 0 Å². The predicted octanol–water partition coefficient (Wildman–Crippen LogP) is -0.454. The van der Waals surface area contributed by atoms with Crippen molar-refractivity contribution in [2.45, 2.75) is 20.4 Å². The Morgan fingerprint density at radius 2 is 1.18 bits per heavy atom. The van der Waals surface area contributed by atoms with Gasteiger partial charge in [-0.1, -0.05) is 59.7 Å². The van der Waals surface area contributed by atoms with Gasteiger partial charge in [0.15, 0.2) is 0 Å². The fraction of sp³-hybridized carbons (Fsp3) is 0.200. The Hall–Kier alpha value is -0.746. The van der Waals surface area contributed by atoms with E-state index in [-0.39, 0.29) is 18.9 Å². The van der Waals surface area contributed by atoms with Gasteiger partial charge in [0.05, 0.1) is 0 Å². The Bertz CT molecular complexity index is 448. The number of aryl methyl sites for hydroxylation is 2. The SMILES string of the molecule is Cc1cccc([Si-](C)c2cccc(C)c2)c1.[Li+]. The fourth-order valence-electron chi connectivity index (χ4n) is 1.92. The Morgan fingerprint density at radius 3 is 1.53 bits per heavy atom. The molecule has 0 aromatic heterocycles. The molecule has 2 heteroatoms. The average Bonchev–Trinajstić information content (AvgIpc) is 2.28. The van der Waals surface area contributed by atoms with Gasteiger partial charge in [-0.2, -0.15) is 16.9 Å². The molecule has 0 aliphatic carbocycles. The molecule has 0 spiro atoms. The zero-order valence-electron chi connectivity index (χ0n) is 11.1. The topological polar surface area (TPSA) is 0 Å². The maximum atomic E-state index is 2.37. The predicted molar refractivity (Wildman–Crippen MR) is 73.2 cm³/mol. The molecule has 17 heavy (non-hydrogen) atoms. The van der Waals surface area contributed by atoms with Gasteiger partial charge >= 0.3 is 18.9 Å². The van der Waals surface area contributed by atoms with Gasteiger partial charge in [-0.15, -0.1) is 0 Å². The van der Waals surface area contributed by atoms with Crippen LogP contribution in [-0.4, -0.2) is 8.80 Å². The molecule has 0 fully saturated rings. The third-order valence-electron chi connectivity index (χ3n) is 2.90. The first-order chi connectivity index (χ1) is 7.66. The Labute approximate surface area is 118 Å². The zero-order valence-corrected chi connectivity index (χ0v) is 12.1. The second-order valence-electron chi connectivity index (χ2n) is 4.36. The molecule has 0 saturated heterocycles. The minimum absolute atomic E-state index is 0. The van der Waals surface area contributed by atoms with Crippen LogP contribution in [0, 0.1) is 13.8 Å². The standard InChI is InChI=1S/C15H17Si.Li/c1-12-6-4-8-14(10-12)16(3)15-9-5-7-13(2)11-15;/h4-11H,1-3H3;/q-1;+1. The van der Waals surface area contributed by atoms with E-state index in [1.807, 2.05) is 0 Å². The molecular formula is C15H17LiSi. The van der Waals surface area contributed by atoms with Crippen LogP contribution in [0.25, 0.3) is 0 Å². The number of benzene rings is 2. The molecule has 2 aromatic carbocycles. The summed E-state index contributed by atoms with van der Waals surface area (Å²) in [6.45, 7) is 6.69. The third-order valence-corrected chi connectivity index (χ3v) is 5.26. The van der Waals surface area contributed by atoms with Crippen molar-refractivity contribution in [2.75, 3.05) is 0 Å². The summed E-state index contributed by atoms with van der Waals surface area (Å²) < 4.78 is 0. The molecule has 0 N–H and O–H groups in total. The van der Waals surface area contributed by atoms with Crippen LogP contribution < -0.4 is 29.2 Å². The number of hydrogen-bond acceptors (Lipinski definition) is 0. The van der Waals surface area contributed by atoms with Crippen molar-refractivity contribution in [1.29, 1.82) is 0 Å². The maximum absolute atomic E-state index is 2.37. The van der Waals surface area contributed by atoms with Crippen molar-refractivity contribution < 1.29 is 18.9 Å². The third kappa shape index (κ3) is 3.61. The van der Waals surface area contributed by atoms with Crippen molar-refractivity contribution in [3.8, 4) is 0 Å². The molecule has 0 aliphatic heterocycles. The molecule has 0 nitrogen and oxygen atoms in total. The summed E-state index contributed by atoms with van der Waals surface area (Å²) in [5, 5.41) is 2.99. The largest absolute Gasteiger partial charge is 1.00 e. The van der Waals surface area contributed by atoms with Crippen LogP contribution in [0.5, 0.6) is 0 Å². The zero-order chi connectivity index (χ0) is 11.5. The van der Waals surface area contributed by atoms with E-state index in [9.17, 15) is 0 Å². The Kier molecular flexibility index (Phi) is 5.27. The smallest absolute Gasteiger partial charge is 0.255 e. The molecule has 0 heterocycles. The summed E-state index contributed by atoms with van der Waals surface area (Å²) in [5.41, 5.74) is 2.71. The Balaban J connectivity index is 0.00000144.